The minimum absolute atomic E-state index is 0. The first kappa shape index (κ1) is 25.6. The van der Waals surface area contributed by atoms with Gasteiger partial charge in [0.25, 0.3) is 0 Å². The van der Waals surface area contributed by atoms with Crippen molar-refractivity contribution in [3.63, 3.8) is 0 Å². The van der Waals surface area contributed by atoms with Gasteiger partial charge >= 0.3 is 6.03 Å². The lowest BCUT2D eigenvalue weighted by molar-refractivity contribution is 0.114. The Bertz CT molecular complexity index is 584. The Morgan fingerprint density at radius 3 is 2.17 bits per heavy atom. The predicted octanol–water partition coefficient (Wildman–Crippen LogP) is 4.54. The SMILES string of the molecule is CCN(CC)C(=O)N1CCC(CN(CC)C(C)Cc2ccc(OC)cc2)CC1.Cl. The summed E-state index contributed by atoms with van der Waals surface area (Å²) in [5.74, 6) is 1.59. The molecule has 0 saturated carbocycles. The molecule has 29 heavy (non-hydrogen) atoms. The van der Waals surface area contributed by atoms with Crippen LogP contribution in [0.15, 0.2) is 24.3 Å². The van der Waals surface area contributed by atoms with Gasteiger partial charge in [-0.25, -0.2) is 4.79 Å². The number of rotatable bonds is 9. The van der Waals surface area contributed by atoms with Crippen molar-refractivity contribution in [2.45, 2.75) is 53.0 Å². The van der Waals surface area contributed by atoms with Crippen molar-refractivity contribution < 1.29 is 9.53 Å². The molecule has 1 atom stereocenters. The summed E-state index contributed by atoms with van der Waals surface area (Å²) in [4.78, 5) is 19.1. The van der Waals surface area contributed by atoms with Crippen LogP contribution >= 0.6 is 12.4 Å². The van der Waals surface area contributed by atoms with Gasteiger partial charge in [0.1, 0.15) is 5.75 Å². The lowest BCUT2D eigenvalue weighted by Crippen LogP contribution is -2.48. The van der Waals surface area contributed by atoms with Crippen LogP contribution in [0.3, 0.4) is 0 Å². The van der Waals surface area contributed by atoms with Crippen molar-refractivity contribution in [3.05, 3.63) is 29.8 Å². The molecule has 5 nitrogen and oxygen atoms in total. The second-order valence-electron chi connectivity index (χ2n) is 7.87. The molecule has 1 aliphatic rings. The minimum Gasteiger partial charge on any atom is -0.497 e. The van der Waals surface area contributed by atoms with Crippen molar-refractivity contribution in [2.24, 2.45) is 5.92 Å². The molecule has 1 unspecified atom stereocenters. The van der Waals surface area contributed by atoms with Gasteiger partial charge in [0.15, 0.2) is 0 Å². The summed E-state index contributed by atoms with van der Waals surface area (Å²) in [5.41, 5.74) is 1.35. The van der Waals surface area contributed by atoms with Crippen molar-refractivity contribution in [1.29, 1.82) is 0 Å². The fraction of sp³-hybridized carbons (Fsp3) is 0.696. The number of amides is 2. The third-order valence-electron chi connectivity index (χ3n) is 6.13. The number of carbonyl (C=O) groups is 1. The molecule has 0 bridgehead atoms. The number of hydrogen-bond donors (Lipinski definition) is 0. The highest BCUT2D eigenvalue weighted by atomic mass is 35.5. The van der Waals surface area contributed by atoms with Crippen LogP contribution in [0.2, 0.25) is 0 Å². The Balaban J connectivity index is 0.00000420. The van der Waals surface area contributed by atoms with Gasteiger partial charge in [0.05, 0.1) is 7.11 Å². The van der Waals surface area contributed by atoms with Gasteiger partial charge in [-0.2, -0.15) is 0 Å². The molecule has 1 aromatic rings. The first-order valence-electron chi connectivity index (χ1n) is 10.9. The molecule has 0 N–H and O–H groups in total. The predicted molar refractivity (Wildman–Crippen MR) is 123 cm³/mol. The molecule has 166 valence electrons. The molecule has 1 saturated heterocycles. The average molecular weight is 426 g/mol. The Kier molecular flexibility index (Phi) is 11.4. The third kappa shape index (κ3) is 7.38. The summed E-state index contributed by atoms with van der Waals surface area (Å²) in [5, 5.41) is 0. The zero-order valence-electron chi connectivity index (χ0n) is 18.9. The molecule has 6 heteroatoms. The minimum atomic E-state index is 0. The number of urea groups is 1. The highest BCUT2D eigenvalue weighted by molar-refractivity contribution is 5.85. The molecule has 0 spiro atoms. The third-order valence-corrected chi connectivity index (χ3v) is 6.13. The Hall–Kier alpha value is -1.46. The lowest BCUT2D eigenvalue weighted by atomic mass is 9.95. The number of halogens is 1. The summed E-state index contributed by atoms with van der Waals surface area (Å²) < 4.78 is 5.26. The number of benzene rings is 1. The van der Waals surface area contributed by atoms with Crippen LogP contribution < -0.4 is 4.74 Å². The number of piperidine rings is 1. The van der Waals surface area contributed by atoms with Crippen LogP contribution in [0, 0.1) is 5.92 Å². The van der Waals surface area contributed by atoms with E-state index in [0.29, 0.717) is 12.0 Å². The average Bonchev–Trinajstić information content (AvgIpc) is 2.73. The number of likely N-dealkylation sites (N-methyl/N-ethyl adjacent to an activating group) is 1. The van der Waals surface area contributed by atoms with E-state index in [2.05, 4.69) is 44.7 Å². The summed E-state index contributed by atoms with van der Waals surface area (Å²) in [6.07, 6.45) is 3.27. The second-order valence-corrected chi connectivity index (χ2v) is 7.87. The summed E-state index contributed by atoms with van der Waals surface area (Å²) in [6.45, 7) is 14.3. The van der Waals surface area contributed by atoms with Crippen LogP contribution in [0.5, 0.6) is 5.75 Å². The van der Waals surface area contributed by atoms with E-state index in [1.165, 1.54) is 5.56 Å². The largest absolute Gasteiger partial charge is 0.497 e. The van der Waals surface area contributed by atoms with Crippen molar-refractivity contribution >= 4 is 18.4 Å². The fourth-order valence-corrected chi connectivity index (χ4v) is 4.19. The van der Waals surface area contributed by atoms with Crippen molar-refractivity contribution in [2.75, 3.05) is 46.4 Å². The topological polar surface area (TPSA) is 36.0 Å². The number of nitrogens with zero attached hydrogens (tertiary/aromatic N) is 3. The maximum absolute atomic E-state index is 12.5. The molecule has 0 aromatic heterocycles. The van der Waals surface area contributed by atoms with Gasteiger partial charge in [0.2, 0.25) is 0 Å². The van der Waals surface area contributed by atoms with Crippen molar-refractivity contribution in [1.82, 2.24) is 14.7 Å². The first-order valence-corrected chi connectivity index (χ1v) is 10.9. The van der Waals surface area contributed by atoms with Crippen LogP contribution in [0.25, 0.3) is 0 Å². The number of hydrogen-bond acceptors (Lipinski definition) is 3. The van der Waals surface area contributed by atoms with Gasteiger partial charge in [-0.1, -0.05) is 19.1 Å². The molecule has 0 aliphatic carbocycles. The summed E-state index contributed by atoms with van der Waals surface area (Å²) >= 11 is 0. The van der Waals surface area contributed by atoms with E-state index in [9.17, 15) is 4.79 Å². The Labute approximate surface area is 183 Å². The zero-order chi connectivity index (χ0) is 20.5. The van der Waals surface area contributed by atoms with E-state index in [1.807, 2.05) is 21.9 Å². The molecular weight excluding hydrogens is 386 g/mol. The highest BCUT2D eigenvalue weighted by Crippen LogP contribution is 2.22. The monoisotopic (exact) mass is 425 g/mol. The van der Waals surface area contributed by atoms with E-state index < -0.39 is 0 Å². The van der Waals surface area contributed by atoms with Crippen LogP contribution in [0.4, 0.5) is 4.79 Å². The van der Waals surface area contributed by atoms with Gasteiger partial charge in [-0.3, -0.25) is 0 Å². The quantitative estimate of drug-likeness (QED) is 0.582. The van der Waals surface area contributed by atoms with E-state index in [4.69, 9.17) is 4.74 Å². The highest BCUT2D eigenvalue weighted by Gasteiger charge is 2.27. The molecule has 1 heterocycles. The van der Waals surface area contributed by atoms with Crippen molar-refractivity contribution in [3.8, 4) is 5.75 Å². The molecule has 2 rings (SSSR count). The fourth-order valence-electron chi connectivity index (χ4n) is 4.19. The number of carbonyl (C=O) groups excluding carboxylic acids is 1. The van der Waals surface area contributed by atoms with E-state index in [0.717, 1.165) is 64.3 Å². The zero-order valence-corrected chi connectivity index (χ0v) is 19.7. The first-order chi connectivity index (χ1) is 13.5. The molecule has 2 amide bonds. The smallest absolute Gasteiger partial charge is 0.319 e. The normalized spacial score (nSPS) is 15.7. The number of ether oxygens (including phenoxy) is 1. The Morgan fingerprint density at radius 1 is 1.10 bits per heavy atom. The summed E-state index contributed by atoms with van der Waals surface area (Å²) in [7, 11) is 1.71. The second kappa shape index (κ2) is 13.0. The molecular formula is C23H40ClN3O2. The Morgan fingerprint density at radius 2 is 1.69 bits per heavy atom. The molecule has 0 radical (unpaired) electrons. The molecule has 1 aromatic carbocycles. The van der Waals surface area contributed by atoms with E-state index in [-0.39, 0.29) is 18.4 Å². The van der Waals surface area contributed by atoms with E-state index in [1.54, 1.807) is 7.11 Å². The van der Waals surface area contributed by atoms with E-state index >= 15 is 0 Å². The lowest BCUT2D eigenvalue weighted by Gasteiger charge is -2.38. The maximum atomic E-state index is 12.5. The standard InChI is InChI=1S/C23H39N3O2.ClH/c1-6-24(7-2)23(27)26-15-13-21(14-16-26)18-25(8-3)19(4)17-20-9-11-22(28-5)12-10-20;/h9-12,19,21H,6-8,13-18H2,1-5H3;1H. The maximum Gasteiger partial charge on any atom is 0.319 e. The van der Waals surface area contributed by atoms with Crippen LogP contribution in [0.1, 0.15) is 46.1 Å². The summed E-state index contributed by atoms with van der Waals surface area (Å²) in [6, 6.07) is 9.14. The van der Waals surface area contributed by atoms with Gasteiger partial charge in [-0.15, -0.1) is 12.4 Å². The molecule has 1 aliphatic heterocycles. The number of likely N-dealkylation sites (tertiary alicyclic amines) is 1. The van der Waals surface area contributed by atoms with Crippen LogP contribution in [-0.4, -0.2) is 73.2 Å². The van der Waals surface area contributed by atoms with Gasteiger partial charge in [-0.05, 0) is 70.2 Å². The number of methoxy groups -OCH3 is 1. The van der Waals surface area contributed by atoms with Crippen LogP contribution in [-0.2, 0) is 6.42 Å². The van der Waals surface area contributed by atoms with Gasteiger partial charge in [0, 0.05) is 38.8 Å². The van der Waals surface area contributed by atoms with Gasteiger partial charge < -0.3 is 19.4 Å². The molecule has 1 fully saturated rings.